The number of pyridine rings is 1. The highest BCUT2D eigenvalue weighted by Crippen LogP contribution is 2.38. The maximum atomic E-state index is 12.4. The number of hydrogen-bond acceptors (Lipinski definition) is 4. The molecule has 0 aliphatic heterocycles. The van der Waals surface area contributed by atoms with E-state index in [2.05, 4.69) is 10.3 Å². The molecule has 5 nitrogen and oxygen atoms in total. The van der Waals surface area contributed by atoms with Gasteiger partial charge in [0.05, 0.1) is 11.3 Å². The van der Waals surface area contributed by atoms with Crippen molar-refractivity contribution in [1.29, 1.82) is 0 Å². The predicted octanol–water partition coefficient (Wildman–Crippen LogP) is 3.47. The zero-order chi connectivity index (χ0) is 16.9. The average molecular weight is 341 g/mol. The fourth-order valence-corrected chi connectivity index (χ4v) is 4.05. The van der Waals surface area contributed by atoms with E-state index in [1.165, 1.54) is 44.0 Å². The van der Waals surface area contributed by atoms with Crippen LogP contribution >= 0.6 is 11.8 Å². The van der Waals surface area contributed by atoms with Crippen LogP contribution in [0.25, 0.3) is 0 Å². The molecular formula is C18H19N3O2S. The molecule has 3 N–H and O–H groups in total. The number of anilines is 1. The van der Waals surface area contributed by atoms with Crippen LogP contribution in [0, 0.1) is 0 Å². The summed E-state index contributed by atoms with van der Waals surface area (Å²) in [4.78, 5) is 28.5. The topological polar surface area (TPSA) is 85.1 Å². The molecule has 1 saturated carbocycles. The van der Waals surface area contributed by atoms with E-state index in [-0.39, 0.29) is 17.2 Å². The molecule has 0 bridgehead atoms. The zero-order valence-electron chi connectivity index (χ0n) is 13.2. The van der Waals surface area contributed by atoms with E-state index in [4.69, 9.17) is 5.73 Å². The number of amides is 2. The second-order valence-corrected chi connectivity index (χ2v) is 7.11. The number of nitrogens with two attached hydrogens (primary N) is 1. The standard InChI is InChI=1S/C18H19N3O2S/c19-17(22)12-9-10-15(20-11-12)18(23)21-14-7-3-4-8-16(14)24-13-5-1-2-6-13/h3-4,7-11,13H,1-2,5-6H2,(H2,19,22)(H,21,23). The van der Waals surface area contributed by atoms with E-state index in [9.17, 15) is 9.59 Å². The third kappa shape index (κ3) is 3.94. The van der Waals surface area contributed by atoms with Crippen LogP contribution in [0.2, 0.25) is 0 Å². The summed E-state index contributed by atoms with van der Waals surface area (Å²) in [7, 11) is 0. The molecule has 0 radical (unpaired) electrons. The number of benzene rings is 1. The molecule has 124 valence electrons. The Morgan fingerprint density at radius 1 is 1.12 bits per heavy atom. The van der Waals surface area contributed by atoms with E-state index in [1.54, 1.807) is 0 Å². The van der Waals surface area contributed by atoms with Crippen molar-refractivity contribution in [3.63, 3.8) is 0 Å². The smallest absolute Gasteiger partial charge is 0.274 e. The highest BCUT2D eigenvalue weighted by atomic mass is 32.2. The van der Waals surface area contributed by atoms with Gasteiger partial charge in [-0.15, -0.1) is 11.8 Å². The molecule has 1 aromatic carbocycles. The van der Waals surface area contributed by atoms with Crippen LogP contribution in [-0.4, -0.2) is 22.0 Å². The van der Waals surface area contributed by atoms with Gasteiger partial charge in [-0.2, -0.15) is 0 Å². The second kappa shape index (κ2) is 7.49. The first-order chi connectivity index (χ1) is 11.6. The van der Waals surface area contributed by atoms with E-state index < -0.39 is 5.91 Å². The van der Waals surface area contributed by atoms with Gasteiger partial charge in [0, 0.05) is 16.3 Å². The Morgan fingerprint density at radius 3 is 2.54 bits per heavy atom. The van der Waals surface area contributed by atoms with E-state index in [1.807, 2.05) is 36.0 Å². The van der Waals surface area contributed by atoms with Crippen LogP contribution in [0.5, 0.6) is 0 Å². The molecule has 0 atom stereocenters. The summed E-state index contributed by atoms with van der Waals surface area (Å²) in [5, 5.41) is 3.53. The first-order valence-corrected chi connectivity index (χ1v) is 8.84. The third-order valence-electron chi connectivity index (χ3n) is 4.01. The number of aromatic nitrogens is 1. The zero-order valence-corrected chi connectivity index (χ0v) is 14.0. The lowest BCUT2D eigenvalue weighted by atomic mass is 10.2. The van der Waals surface area contributed by atoms with Crippen molar-refractivity contribution in [2.75, 3.05) is 5.32 Å². The summed E-state index contributed by atoms with van der Waals surface area (Å²) < 4.78 is 0. The largest absolute Gasteiger partial charge is 0.366 e. The van der Waals surface area contributed by atoms with Gasteiger partial charge in [0.1, 0.15) is 5.69 Å². The monoisotopic (exact) mass is 341 g/mol. The number of primary amides is 1. The number of hydrogen-bond donors (Lipinski definition) is 2. The van der Waals surface area contributed by atoms with Gasteiger partial charge in [0.25, 0.3) is 5.91 Å². The lowest BCUT2D eigenvalue weighted by molar-refractivity contribution is 0.0993. The van der Waals surface area contributed by atoms with Crippen molar-refractivity contribution in [1.82, 2.24) is 4.98 Å². The number of carbonyl (C=O) groups excluding carboxylic acids is 2. The molecule has 1 aliphatic carbocycles. The molecular weight excluding hydrogens is 322 g/mol. The number of para-hydroxylation sites is 1. The summed E-state index contributed by atoms with van der Waals surface area (Å²) in [5.41, 5.74) is 6.50. The minimum Gasteiger partial charge on any atom is -0.366 e. The van der Waals surface area contributed by atoms with Crippen molar-refractivity contribution in [2.45, 2.75) is 35.8 Å². The molecule has 2 amide bonds. The van der Waals surface area contributed by atoms with Crippen LogP contribution < -0.4 is 11.1 Å². The van der Waals surface area contributed by atoms with Gasteiger partial charge in [-0.1, -0.05) is 25.0 Å². The lowest BCUT2D eigenvalue weighted by Gasteiger charge is -2.14. The minimum absolute atomic E-state index is 0.251. The maximum Gasteiger partial charge on any atom is 0.274 e. The lowest BCUT2D eigenvalue weighted by Crippen LogP contribution is -2.16. The Morgan fingerprint density at radius 2 is 1.88 bits per heavy atom. The Hall–Kier alpha value is -2.34. The Kier molecular flexibility index (Phi) is 5.15. The minimum atomic E-state index is -0.562. The third-order valence-corrected chi connectivity index (χ3v) is 5.43. The predicted molar refractivity (Wildman–Crippen MR) is 95.3 cm³/mol. The summed E-state index contributed by atoms with van der Waals surface area (Å²) in [6, 6.07) is 10.8. The molecule has 24 heavy (non-hydrogen) atoms. The summed E-state index contributed by atoms with van der Waals surface area (Å²) in [5.74, 6) is -0.863. The summed E-state index contributed by atoms with van der Waals surface area (Å²) in [6.45, 7) is 0. The van der Waals surface area contributed by atoms with Crippen molar-refractivity contribution in [2.24, 2.45) is 5.73 Å². The second-order valence-electron chi connectivity index (χ2n) is 5.77. The van der Waals surface area contributed by atoms with Crippen molar-refractivity contribution < 1.29 is 9.59 Å². The fraction of sp³-hybridized carbons (Fsp3) is 0.278. The highest BCUT2D eigenvalue weighted by Gasteiger charge is 2.18. The molecule has 2 aromatic rings. The van der Waals surface area contributed by atoms with Crippen molar-refractivity contribution in [3.8, 4) is 0 Å². The van der Waals surface area contributed by atoms with E-state index in [0.717, 1.165) is 10.6 Å². The Labute approximate surface area is 145 Å². The molecule has 3 rings (SSSR count). The molecule has 1 aromatic heterocycles. The van der Waals surface area contributed by atoms with Crippen LogP contribution in [0.15, 0.2) is 47.5 Å². The Bertz CT molecular complexity index is 740. The summed E-state index contributed by atoms with van der Waals surface area (Å²) in [6.07, 6.45) is 6.33. The number of nitrogens with zero attached hydrogens (tertiary/aromatic N) is 1. The molecule has 1 aliphatic rings. The van der Waals surface area contributed by atoms with Gasteiger partial charge >= 0.3 is 0 Å². The first-order valence-electron chi connectivity index (χ1n) is 7.96. The number of carbonyl (C=O) groups is 2. The van der Waals surface area contributed by atoms with Crippen molar-refractivity contribution in [3.05, 3.63) is 53.9 Å². The van der Waals surface area contributed by atoms with Gasteiger partial charge in [-0.05, 0) is 37.1 Å². The molecule has 1 heterocycles. The highest BCUT2D eigenvalue weighted by molar-refractivity contribution is 8.00. The van der Waals surface area contributed by atoms with E-state index in [0.29, 0.717) is 5.25 Å². The fourth-order valence-electron chi connectivity index (χ4n) is 2.72. The van der Waals surface area contributed by atoms with Crippen LogP contribution in [-0.2, 0) is 0 Å². The van der Waals surface area contributed by atoms with Gasteiger partial charge < -0.3 is 11.1 Å². The van der Waals surface area contributed by atoms with Crippen LogP contribution in [0.3, 0.4) is 0 Å². The first kappa shape index (κ1) is 16.5. The Balaban J connectivity index is 1.72. The quantitative estimate of drug-likeness (QED) is 0.872. The molecule has 0 saturated heterocycles. The maximum absolute atomic E-state index is 12.4. The average Bonchev–Trinajstić information content (AvgIpc) is 3.10. The SMILES string of the molecule is NC(=O)c1ccc(C(=O)Nc2ccccc2SC2CCCC2)nc1. The molecule has 1 fully saturated rings. The van der Waals surface area contributed by atoms with Crippen molar-refractivity contribution >= 4 is 29.3 Å². The molecule has 0 spiro atoms. The van der Waals surface area contributed by atoms with Crippen LogP contribution in [0.4, 0.5) is 5.69 Å². The van der Waals surface area contributed by atoms with Gasteiger partial charge in [0.15, 0.2) is 0 Å². The molecule has 6 heteroatoms. The van der Waals surface area contributed by atoms with E-state index >= 15 is 0 Å². The van der Waals surface area contributed by atoms with Gasteiger partial charge in [0.2, 0.25) is 5.91 Å². The number of nitrogens with one attached hydrogen (secondary N) is 1. The summed E-state index contributed by atoms with van der Waals surface area (Å²) >= 11 is 1.83. The van der Waals surface area contributed by atoms with Gasteiger partial charge in [-0.3, -0.25) is 14.6 Å². The number of thioether (sulfide) groups is 1. The molecule has 0 unspecified atom stereocenters. The normalized spacial score (nSPS) is 14.5. The number of rotatable bonds is 5. The van der Waals surface area contributed by atoms with Crippen LogP contribution in [0.1, 0.15) is 46.5 Å². The van der Waals surface area contributed by atoms with Gasteiger partial charge in [-0.25, -0.2) is 0 Å².